The second-order valence-electron chi connectivity index (χ2n) is 3.77. The van der Waals surface area contributed by atoms with Gasteiger partial charge in [-0.25, -0.2) is 9.67 Å². The minimum atomic E-state index is 0.334. The standard InChI is InChI=1S/C10H18N4O/c1-2-14-10(12-8-13-14)7-15-9-4-3-5-11-6-9/h8-9,11H,2-7H2,1H3. The van der Waals surface area contributed by atoms with Crippen molar-refractivity contribution >= 4 is 0 Å². The van der Waals surface area contributed by atoms with Gasteiger partial charge in [0.25, 0.3) is 0 Å². The van der Waals surface area contributed by atoms with Crippen LogP contribution in [0.2, 0.25) is 0 Å². The summed E-state index contributed by atoms with van der Waals surface area (Å²) in [5, 5.41) is 7.43. The van der Waals surface area contributed by atoms with Crippen molar-refractivity contribution in [2.45, 2.75) is 39.0 Å². The number of hydrogen-bond donors (Lipinski definition) is 1. The molecule has 1 unspecified atom stereocenters. The molecule has 2 rings (SSSR count). The summed E-state index contributed by atoms with van der Waals surface area (Å²) in [6.45, 7) is 5.55. The maximum Gasteiger partial charge on any atom is 0.152 e. The van der Waals surface area contributed by atoms with Gasteiger partial charge in [-0.15, -0.1) is 0 Å². The Kier molecular flexibility index (Phi) is 3.69. The smallest absolute Gasteiger partial charge is 0.152 e. The normalized spacial score (nSPS) is 21.8. The van der Waals surface area contributed by atoms with Gasteiger partial charge in [0.1, 0.15) is 12.9 Å². The first-order valence-electron chi connectivity index (χ1n) is 5.59. The van der Waals surface area contributed by atoms with Crippen LogP contribution in [-0.2, 0) is 17.9 Å². The third-order valence-corrected chi connectivity index (χ3v) is 2.70. The highest BCUT2D eigenvalue weighted by Crippen LogP contribution is 2.08. The first kappa shape index (κ1) is 10.6. The Morgan fingerprint density at radius 1 is 1.67 bits per heavy atom. The second-order valence-corrected chi connectivity index (χ2v) is 3.77. The number of hydrogen-bond acceptors (Lipinski definition) is 4. The first-order chi connectivity index (χ1) is 7.40. The van der Waals surface area contributed by atoms with E-state index in [1.807, 2.05) is 4.68 Å². The summed E-state index contributed by atoms with van der Waals surface area (Å²) in [7, 11) is 0. The van der Waals surface area contributed by atoms with Crippen molar-refractivity contribution in [2.75, 3.05) is 13.1 Å². The summed E-state index contributed by atoms with van der Waals surface area (Å²) in [6, 6.07) is 0. The van der Waals surface area contributed by atoms with Gasteiger partial charge in [-0.05, 0) is 26.3 Å². The monoisotopic (exact) mass is 210 g/mol. The van der Waals surface area contributed by atoms with E-state index in [-0.39, 0.29) is 0 Å². The predicted molar refractivity (Wildman–Crippen MR) is 56.4 cm³/mol. The van der Waals surface area contributed by atoms with Crippen LogP contribution in [0, 0.1) is 0 Å². The van der Waals surface area contributed by atoms with Crippen molar-refractivity contribution < 1.29 is 4.74 Å². The van der Waals surface area contributed by atoms with E-state index in [1.54, 1.807) is 6.33 Å². The van der Waals surface area contributed by atoms with Gasteiger partial charge >= 0.3 is 0 Å². The molecule has 1 aliphatic heterocycles. The van der Waals surface area contributed by atoms with Gasteiger partial charge in [0.15, 0.2) is 5.82 Å². The fourth-order valence-electron chi connectivity index (χ4n) is 1.82. The van der Waals surface area contributed by atoms with Crippen LogP contribution in [0.4, 0.5) is 0 Å². The third-order valence-electron chi connectivity index (χ3n) is 2.70. The van der Waals surface area contributed by atoms with Crippen molar-refractivity contribution in [3.63, 3.8) is 0 Å². The molecule has 1 aromatic heterocycles. The summed E-state index contributed by atoms with van der Waals surface area (Å²) in [5.74, 6) is 0.920. The minimum absolute atomic E-state index is 0.334. The van der Waals surface area contributed by atoms with E-state index in [2.05, 4.69) is 22.3 Å². The van der Waals surface area contributed by atoms with Crippen molar-refractivity contribution in [3.05, 3.63) is 12.2 Å². The highest BCUT2D eigenvalue weighted by Gasteiger charge is 2.14. The molecule has 2 heterocycles. The van der Waals surface area contributed by atoms with Crippen LogP contribution in [0.15, 0.2) is 6.33 Å². The number of ether oxygens (including phenoxy) is 1. The molecule has 15 heavy (non-hydrogen) atoms. The molecule has 1 atom stereocenters. The van der Waals surface area contributed by atoms with Gasteiger partial charge in [-0.3, -0.25) is 0 Å². The van der Waals surface area contributed by atoms with E-state index in [4.69, 9.17) is 4.74 Å². The lowest BCUT2D eigenvalue weighted by molar-refractivity contribution is 0.0201. The Balaban J connectivity index is 1.81. The minimum Gasteiger partial charge on any atom is -0.369 e. The molecular formula is C10H18N4O. The lowest BCUT2D eigenvalue weighted by Gasteiger charge is -2.22. The quantitative estimate of drug-likeness (QED) is 0.789. The maximum absolute atomic E-state index is 5.78. The SMILES string of the molecule is CCn1ncnc1COC1CCCNC1. The van der Waals surface area contributed by atoms with Crippen LogP contribution < -0.4 is 5.32 Å². The van der Waals surface area contributed by atoms with Gasteiger partial charge in [-0.2, -0.15) is 5.10 Å². The Hall–Kier alpha value is -0.940. The number of nitrogens with zero attached hydrogens (tertiary/aromatic N) is 3. The van der Waals surface area contributed by atoms with Gasteiger partial charge < -0.3 is 10.1 Å². The van der Waals surface area contributed by atoms with Crippen LogP contribution in [-0.4, -0.2) is 34.0 Å². The van der Waals surface area contributed by atoms with Crippen molar-refractivity contribution in [3.8, 4) is 0 Å². The molecule has 5 heteroatoms. The average Bonchev–Trinajstić information content (AvgIpc) is 2.75. The summed E-state index contributed by atoms with van der Waals surface area (Å²) in [6.07, 6.45) is 4.26. The van der Waals surface area contributed by atoms with E-state index in [0.29, 0.717) is 12.7 Å². The van der Waals surface area contributed by atoms with Gasteiger partial charge in [0.2, 0.25) is 0 Å². The highest BCUT2D eigenvalue weighted by atomic mass is 16.5. The van der Waals surface area contributed by atoms with Crippen LogP contribution in [0.1, 0.15) is 25.6 Å². The van der Waals surface area contributed by atoms with E-state index in [9.17, 15) is 0 Å². The predicted octanol–water partition coefficient (Wildman–Crippen LogP) is 0.567. The van der Waals surface area contributed by atoms with Gasteiger partial charge in [0, 0.05) is 13.1 Å². The van der Waals surface area contributed by atoms with E-state index in [0.717, 1.165) is 31.9 Å². The topological polar surface area (TPSA) is 52.0 Å². The number of nitrogens with one attached hydrogen (secondary N) is 1. The molecule has 0 aromatic carbocycles. The Morgan fingerprint density at radius 3 is 3.33 bits per heavy atom. The zero-order chi connectivity index (χ0) is 10.5. The summed E-state index contributed by atoms with van der Waals surface area (Å²) in [5.41, 5.74) is 0. The van der Waals surface area contributed by atoms with Gasteiger partial charge in [-0.1, -0.05) is 0 Å². The van der Waals surface area contributed by atoms with Crippen LogP contribution in [0.25, 0.3) is 0 Å². The molecule has 5 nitrogen and oxygen atoms in total. The molecule has 0 saturated carbocycles. The molecule has 0 bridgehead atoms. The maximum atomic E-state index is 5.78. The average molecular weight is 210 g/mol. The zero-order valence-electron chi connectivity index (χ0n) is 9.15. The Morgan fingerprint density at radius 2 is 2.60 bits per heavy atom. The van der Waals surface area contributed by atoms with Crippen LogP contribution >= 0.6 is 0 Å². The van der Waals surface area contributed by atoms with Crippen molar-refractivity contribution in [1.82, 2.24) is 20.1 Å². The fourth-order valence-corrected chi connectivity index (χ4v) is 1.82. The first-order valence-corrected chi connectivity index (χ1v) is 5.59. The number of aryl methyl sites for hydroxylation is 1. The lowest BCUT2D eigenvalue weighted by atomic mass is 10.1. The third kappa shape index (κ3) is 2.76. The molecule has 0 amide bonds. The summed E-state index contributed by atoms with van der Waals surface area (Å²) in [4.78, 5) is 4.18. The number of rotatable bonds is 4. The summed E-state index contributed by atoms with van der Waals surface area (Å²) >= 11 is 0. The molecule has 1 saturated heterocycles. The molecule has 1 aromatic rings. The number of aromatic nitrogens is 3. The van der Waals surface area contributed by atoms with Crippen LogP contribution in [0.3, 0.4) is 0 Å². The van der Waals surface area contributed by atoms with Gasteiger partial charge in [0.05, 0.1) is 6.10 Å². The largest absolute Gasteiger partial charge is 0.369 e. The molecule has 0 spiro atoms. The van der Waals surface area contributed by atoms with E-state index in [1.165, 1.54) is 6.42 Å². The Bertz CT molecular complexity index is 293. The highest BCUT2D eigenvalue weighted by molar-refractivity contribution is 4.82. The van der Waals surface area contributed by atoms with Crippen molar-refractivity contribution in [1.29, 1.82) is 0 Å². The molecule has 1 N–H and O–H groups in total. The molecular weight excluding hydrogens is 192 g/mol. The number of piperidine rings is 1. The van der Waals surface area contributed by atoms with Crippen LogP contribution in [0.5, 0.6) is 0 Å². The Labute approximate surface area is 89.8 Å². The molecule has 1 fully saturated rings. The van der Waals surface area contributed by atoms with Crippen molar-refractivity contribution in [2.24, 2.45) is 0 Å². The second kappa shape index (κ2) is 5.23. The summed E-state index contributed by atoms with van der Waals surface area (Å²) < 4.78 is 7.66. The molecule has 0 aliphatic carbocycles. The fraction of sp³-hybridized carbons (Fsp3) is 0.800. The van der Waals surface area contributed by atoms with E-state index < -0.39 is 0 Å². The molecule has 0 radical (unpaired) electrons. The van der Waals surface area contributed by atoms with E-state index >= 15 is 0 Å². The molecule has 84 valence electrons. The molecule has 1 aliphatic rings. The lowest BCUT2D eigenvalue weighted by Crippen LogP contribution is -2.35. The zero-order valence-corrected chi connectivity index (χ0v) is 9.15.